The first-order chi connectivity index (χ1) is 12.4. The summed E-state index contributed by atoms with van der Waals surface area (Å²) in [7, 11) is -3.32. The lowest BCUT2D eigenvalue weighted by Crippen LogP contribution is -2.49. The van der Waals surface area contributed by atoms with Gasteiger partial charge in [-0.1, -0.05) is 31.1 Å². The summed E-state index contributed by atoms with van der Waals surface area (Å²) >= 11 is 0. The third-order valence-electron chi connectivity index (χ3n) is 4.85. The second-order valence-corrected chi connectivity index (χ2v) is 9.10. The number of carbonyl (C=O) groups excluding carboxylic acids is 1. The molecule has 2 fully saturated rings. The Morgan fingerprint density at radius 2 is 2.00 bits per heavy atom. The zero-order chi connectivity index (χ0) is 18.6. The lowest BCUT2D eigenvalue weighted by molar-refractivity contribution is -0.117. The van der Waals surface area contributed by atoms with Gasteiger partial charge in [-0.05, 0) is 44.7 Å². The largest absolute Gasteiger partial charge is 0.310 e. The molecule has 7 heteroatoms. The molecule has 140 valence electrons. The Hall–Kier alpha value is -1.91. The van der Waals surface area contributed by atoms with E-state index in [2.05, 4.69) is 26.9 Å². The molecule has 0 aliphatic heterocycles. The van der Waals surface area contributed by atoms with Crippen molar-refractivity contribution in [3.8, 4) is 11.8 Å². The molecule has 1 heterocycles. The van der Waals surface area contributed by atoms with Crippen LogP contribution in [0.2, 0.25) is 0 Å². The highest BCUT2D eigenvalue weighted by Crippen LogP contribution is 2.30. The van der Waals surface area contributed by atoms with Crippen molar-refractivity contribution in [3.63, 3.8) is 0 Å². The van der Waals surface area contributed by atoms with Crippen LogP contribution in [0.5, 0.6) is 0 Å². The number of hydrogen-bond acceptors (Lipinski definition) is 4. The van der Waals surface area contributed by atoms with Crippen molar-refractivity contribution in [2.24, 2.45) is 5.92 Å². The molecule has 0 radical (unpaired) electrons. The topological polar surface area (TPSA) is 88.2 Å². The third kappa shape index (κ3) is 5.05. The van der Waals surface area contributed by atoms with Crippen molar-refractivity contribution in [2.75, 3.05) is 11.1 Å². The maximum absolute atomic E-state index is 12.1. The Morgan fingerprint density at radius 1 is 1.27 bits per heavy atom. The average Bonchev–Trinajstić information content (AvgIpc) is 3.47. The van der Waals surface area contributed by atoms with E-state index < -0.39 is 15.6 Å². The van der Waals surface area contributed by atoms with Gasteiger partial charge in [-0.15, -0.1) is 0 Å². The SMILES string of the molecule is CCS(=O)(=O)NC1(C#Cc2ccc(NC(=O)C3CC3)nc2)CCCCC1. The number of carbonyl (C=O) groups is 1. The minimum absolute atomic E-state index is 0.0199. The molecule has 1 amide bonds. The number of aromatic nitrogens is 1. The van der Waals surface area contributed by atoms with Crippen LogP contribution < -0.4 is 10.0 Å². The van der Waals surface area contributed by atoms with Crippen LogP contribution in [0.3, 0.4) is 0 Å². The molecule has 0 saturated heterocycles. The average molecular weight is 375 g/mol. The monoisotopic (exact) mass is 375 g/mol. The summed E-state index contributed by atoms with van der Waals surface area (Å²) in [6.07, 6.45) is 7.99. The molecule has 6 nitrogen and oxygen atoms in total. The maximum Gasteiger partial charge on any atom is 0.228 e. The van der Waals surface area contributed by atoms with Gasteiger partial charge in [0.2, 0.25) is 15.9 Å². The molecule has 1 aromatic rings. The first-order valence-electron chi connectivity index (χ1n) is 9.23. The van der Waals surface area contributed by atoms with E-state index in [9.17, 15) is 13.2 Å². The number of pyridine rings is 1. The van der Waals surface area contributed by atoms with Gasteiger partial charge < -0.3 is 5.32 Å². The van der Waals surface area contributed by atoms with E-state index in [-0.39, 0.29) is 17.6 Å². The van der Waals surface area contributed by atoms with Crippen LogP contribution >= 0.6 is 0 Å². The standard InChI is InChI=1S/C19H25N3O3S/c1-2-26(24,25)22-19(11-4-3-5-12-19)13-10-15-6-9-17(20-14-15)21-18(23)16-7-8-16/h6,9,14,16,22H,2-5,7-8,11-12H2,1H3,(H,20,21,23). The molecule has 0 bridgehead atoms. The summed E-state index contributed by atoms with van der Waals surface area (Å²) < 4.78 is 26.9. The number of amides is 1. The van der Waals surface area contributed by atoms with Crippen molar-refractivity contribution in [2.45, 2.75) is 57.4 Å². The number of sulfonamides is 1. The Bertz CT molecular complexity index is 812. The predicted molar refractivity (Wildman–Crippen MR) is 101 cm³/mol. The normalized spacial score (nSPS) is 19.3. The van der Waals surface area contributed by atoms with E-state index in [1.807, 2.05) is 0 Å². The van der Waals surface area contributed by atoms with Crippen LogP contribution in [0.4, 0.5) is 5.82 Å². The van der Waals surface area contributed by atoms with Gasteiger partial charge in [-0.25, -0.2) is 13.4 Å². The minimum atomic E-state index is -3.32. The van der Waals surface area contributed by atoms with Crippen LogP contribution in [-0.4, -0.2) is 30.6 Å². The molecular weight excluding hydrogens is 350 g/mol. The summed E-state index contributed by atoms with van der Waals surface area (Å²) in [5.41, 5.74) is 0.0152. The molecular formula is C19H25N3O3S. The van der Waals surface area contributed by atoms with Gasteiger partial charge in [0, 0.05) is 17.7 Å². The second kappa shape index (κ2) is 7.77. The van der Waals surface area contributed by atoms with Gasteiger partial charge in [0.15, 0.2) is 0 Å². The fourth-order valence-electron chi connectivity index (χ4n) is 3.09. The third-order valence-corrected chi connectivity index (χ3v) is 6.31. The molecule has 1 aromatic heterocycles. The molecule has 2 aliphatic rings. The van der Waals surface area contributed by atoms with Crippen molar-refractivity contribution < 1.29 is 13.2 Å². The highest BCUT2D eigenvalue weighted by molar-refractivity contribution is 7.89. The van der Waals surface area contributed by atoms with Crippen LogP contribution in [0.15, 0.2) is 18.3 Å². The molecule has 2 saturated carbocycles. The van der Waals surface area contributed by atoms with Crippen molar-refractivity contribution in [1.82, 2.24) is 9.71 Å². The van der Waals surface area contributed by atoms with Crippen LogP contribution in [-0.2, 0) is 14.8 Å². The van der Waals surface area contributed by atoms with Gasteiger partial charge in [-0.3, -0.25) is 4.79 Å². The van der Waals surface area contributed by atoms with Gasteiger partial charge >= 0.3 is 0 Å². The van der Waals surface area contributed by atoms with Gasteiger partial charge in [-0.2, -0.15) is 4.72 Å². The van der Waals surface area contributed by atoms with Gasteiger partial charge in [0.1, 0.15) is 5.82 Å². The minimum Gasteiger partial charge on any atom is -0.310 e. The molecule has 0 unspecified atom stereocenters. The predicted octanol–water partition coefficient (Wildman–Crippen LogP) is 2.42. The van der Waals surface area contributed by atoms with Gasteiger partial charge in [0.05, 0.1) is 11.3 Å². The van der Waals surface area contributed by atoms with E-state index >= 15 is 0 Å². The number of anilines is 1. The highest BCUT2D eigenvalue weighted by atomic mass is 32.2. The zero-order valence-electron chi connectivity index (χ0n) is 15.0. The van der Waals surface area contributed by atoms with Crippen molar-refractivity contribution in [1.29, 1.82) is 0 Å². The van der Waals surface area contributed by atoms with E-state index in [0.717, 1.165) is 44.9 Å². The van der Waals surface area contributed by atoms with Crippen molar-refractivity contribution >= 4 is 21.7 Å². The Morgan fingerprint density at radius 3 is 2.58 bits per heavy atom. The Labute approximate surface area is 155 Å². The van der Waals surface area contributed by atoms with Crippen molar-refractivity contribution in [3.05, 3.63) is 23.9 Å². The Balaban J connectivity index is 1.73. The number of nitrogens with zero attached hydrogens (tertiary/aromatic N) is 1. The first kappa shape index (κ1) is 18.9. The quantitative estimate of drug-likeness (QED) is 0.774. The van der Waals surface area contributed by atoms with E-state index in [0.29, 0.717) is 11.4 Å². The molecule has 2 N–H and O–H groups in total. The van der Waals surface area contributed by atoms with E-state index in [1.165, 1.54) is 0 Å². The van der Waals surface area contributed by atoms with Gasteiger partial charge in [0.25, 0.3) is 0 Å². The summed E-state index contributed by atoms with van der Waals surface area (Å²) in [5, 5.41) is 2.79. The molecule has 0 spiro atoms. The fourth-order valence-corrected chi connectivity index (χ4v) is 4.08. The van der Waals surface area contributed by atoms with Crippen LogP contribution in [0.1, 0.15) is 57.4 Å². The fraction of sp³-hybridized carbons (Fsp3) is 0.579. The smallest absolute Gasteiger partial charge is 0.228 e. The summed E-state index contributed by atoms with van der Waals surface area (Å²) in [4.78, 5) is 16.0. The summed E-state index contributed by atoms with van der Waals surface area (Å²) in [6, 6.07) is 3.53. The lowest BCUT2D eigenvalue weighted by Gasteiger charge is -2.33. The zero-order valence-corrected chi connectivity index (χ0v) is 15.9. The second-order valence-electron chi connectivity index (χ2n) is 7.09. The summed E-state index contributed by atoms with van der Waals surface area (Å²) in [5.74, 6) is 6.95. The maximum atomic E-state index is 12.1. The lowest BCUT2D eigenvalue weighted by atomic mass is 9.83. The molecule has 26 heavy (non-hydrogen) atoms. The first-order valence-corrected chi connectivity index (χ1v) is 10.9. The van der Waals surface area contributed by atoms with E-state index in [1.54, 1.807) is 25.3 Å². The van der Waals surface area contributed by atoms with E-state index in [4.69, 9.17) is 0 Å². The molecule has 3 rings (SSSR count). The Kier molecular flexibility index (Phi) is 5.64. The molecule has 0 aromatic carbocycles. The summed E-state index contributed by atoms with van der Waals surface area (Å²) in [6.45, 7) is 1.63. The van der Waals surface area contributed by atoms with Crippen LogP contribution in [0.25, 0.3) is 0 Å². The highest BCUT2D eigenvalue weighted by Gasteiger charge is 2.34. The molecule has 0 atom stereocenters. The number of hydrogen-bond donors (Lipinski definition) is 2. The molecule has 2 aliphatic carbocycles. The number of rotatable bonds is 5. The van der Waals surface area contributed by atoms with Crippen LogP contribution in [0, 0.1) is 17.8 Å². The number of nitrogens with one attached hydrogen (secondary N) is 2.